The molecule has 0 saturated heterocycles. The highest BCUT2D eigenvalue weighted by molar-refractivity contribution is 6.33. The van der Waals surface area contributed by atoms with Crippen molar-refractivity contribution in [3.63, 3.8) is 0 Å². The normalized spacial score (nSPS) is 12.1. The number of amides is 2. The molecule has 0 aromatic heterocycles. The number of carbonyl (C=O) groups excluding carboxylic acids is 2. The van der Waals surface area contributed by atoms with E-state index in [1.54, 1.807) is 12.1 Å². The molecule has 6 heteroatoms. The maximum atomic E-state index is 13.8. The van der Waals surface area contributed by atoms with Crippen LogP contribution in [0.25, 0.3) is 0 Å². The van der Waals surface area contributed by atoms with Gasteiger partial charge in [0.2, 0.25) is 5.91 Å². The van der Waals surface area contributed by atoms with E-state index in [9.17, 15) is 9.59 Å². The summed E-state index contributed by atoms with van der Waals surface area (Å²) in [5, 5.41) is 3.45. The van der Waals surface area contributed by atoms with Crippen molar-refractivity contribution in [2.24, 2.45) is 5.41 Å². The van der Waals surface area contributed by atoms with E-state index in [0.717, 1.165) is 16.8 Å². The molecule has 0 spiro atoms. The maximum absolute atomic E-state index is 13.8. The van der Waals surface area contributed by atoms with Gasteiger partial charge in [-0.05, 0) is 53.8 Å². The summed E-state index contributed by atoms with van der Waals surface area (Å²) in [7, 11) is 3.94. The van der Waals surface area contributed by atoms with Crippen molar-refractivity contribution >= 4 is 34.8 Å². The molecule has 3 aromatic carbocycles. The average Bonchev–Trinajstić information content (AvgIpc) is 2.81. The molecule has 0 fully saturated rings. The van der Waals surface area contributed by atoms with Gasteiger partial charge < -0.3 is 15.1 Å². The average molecular weight is 506 g/mol. The van der Waals surface area contributed by atoms with Gasteiger partial charge in [-0.25, -0.2) is 0 Å². The third-order valence-electron chi connectivity index (χ3n) is 5.99. The smallest absolute Gasteiger partial charge is 0.256 e. The Kier molecular flexibility index (Phi) is 8.80. The van der Waals surface area contributed by atoms with Crippen molar-refractivity contribution in [3.8, 4) is 0 Å². The number of carbonyl (C=O) groups is 2. The minimum atomic E-state index is -0.205. The van der Waals surface area contributed by atoms with Crippen LogP contribution in [0.4, 0.5) is 11.4 Å². The second-order valence-corrected chi connectivity index (χ2v) is 10.9. The fourth-order valence-electron chi connectivity index (χ4n) is 4.18. The molecule has 190 valence electrons. The number of nitrogens with one attached hydrogen (secondary N) is 1. The molecular weight excluding hydrogens is 470 g/mol. The Balaban J connectivity index is 2.01. The SMILES string of the molecule is C[C@@H](c1ccccc1)N(Cc1cc(NC(=O)CC(C)(C)C)ccc1N(C)C)C(=O)c1ccccc1Cl. The highest BCUT2D eigenvalue weighted by atomic mass is 35.5. The summed E-state index contributed by atoms with van der Waals surface area (Å²) in [6, 6.07) is 22.7. The van der Waals surface area contributed by atoms with Gasteiger partial charge in [-0.15, -0.1) is 0 Å². The zero-order valence-electron chi connectivity index (χ0n) is 22.0. The van der Waals surface area contributed by atoms with Crippen molar-refractivity contribution in [2.45, 2.75) is 46.7 Å². The summed E-state index contributed by atoms with van der Waals surface area (Å²) in [6.45, 7) is 8.48. The largest absolute Gasteiger partial charge is 0.377 e. The first-order valence-electron chi connectivity index (χ1n) is 12.2. The summed E-state index contributed by atoms with van der Waals surface area (Å²) in [5.41, 5.74) is 3.99. The zero-order valence-corrected chi connectivity index (χ0v) is 22.8. The Morgan fingerprint density at radius 2 is 1.58 bits per heavy atom. The van der Waals surface area contributed by atoms with Crippen LogP contribution < -0.4 is 10.2 Å². The van der Waals surface area contributed by atoms with E-state index in [1.807, 2.05) is 112 Å². The number of halogens is 1. The summed E-state index contributed by atoms with van der Waals surface area (Å²) >= 11 is 6.43. The lowest BCUT2D eigenvalue weighted by molar-refractivity contribution is -0.117. The second kappa shape index (κ2) is 11.6. The first-order chi connectivity index (χ1) is 17.0. The van der Waals surface area contributed by atoms with E-state index < -0.39 is 0 Å². The van der Waals surface area contributed by atoms with Crippen molar-refractivity contribution in [1.82, 2.24) is 4.90 Å². The molecule has 36 heavy (non-hydrogen) atoms. The van der Waals surface area contributed by atoms with Gasteiger partial charge in [0, 0.05) is 38.4 Å². The topological polar surface area (TPSA) is 52.7 Å². The molecule has 2 amide bonds. The summed E-state index contributed by atoms with van der Waals surface area (Å²) < 4.78 is 0. The van der Waals surface area contributed by atoms with E-state index in [1.165, 1.54) is 0 Å². The molecule has 0 aliphatic rings. The monoisotopic (exact) mass is 505 g/mol. The number of hydrogen-bond acceptors (Lipinski definition) is 3. The first kappa shape index (κ1) is 27.3. The van der Waals surface area contributed by atoms with Gasteiger partial charge in [-0.3, -0.25) is 9.59 Å². The summed E-state index contributed by atoms with van der Waals surface area (Å²) in [5.74, 6) is -0.184. The van der Waals surface area contributed by atoms with Crippen LogP contribution in [0.1, 0.15) is 61.6 Å². The Morgan fingerprint density at radius 1 is 0.944 bits per heavy atom. The van der Waals surface area contributed by atoms with Crippen molar-refractivity contribution < 1.29 is 9.59 Å². The van der Waals surface area contributed by atoms with Crippen LogP contribution in [0, 0.1) is 5.41 Å². The van der Waals surface area contributed by atoms with E-state index in [0.29, 0.717) is 29.2 Å². The Morgan fingerprint density at radius 3 is 2.19 bits per heavy atom. The molecule has 0 saturated carbocycles. The van der Waals surface area contributed by atoms with Crippen LogP contribution in [0.15, 0.2) is 72.8 Å². The van der Waals surface area contributed by atoms with E-state index >= 15 is 0 Å². The highest BCUT2D eigenvalue weighted by Crippen LogP contribution is 2.31. The molecule has 1 N–H and O–H groups in total. The fourth-order valence-corrected chi connectivity index (χ4v) is 4.40. The molecule has 0 aliphatic heterocycles. The third-order valence-corrected chi connectivity index (χ3v) is 6.32. The Hall–Kier alpha value is -3.31. The lowest BCUT2D eigenvalue weighted by Gasteiger charge is -2.32. The minimum absolute atomic E-state index is 0.0345. The first-order valence-corrected chi connectivity index (χ1v) is 12.5. The molecule has 3 aromatic rings. The van der Waals surface area contributed by atoms with Crippen LogP contribution in [0.3, 0.4) is 0 Å². The minimum Gasteiger partial charge on any atom is -0.377 e. The van der Waals surface area contributed by atoms with Gasteiger partial charge in [0.15, 0.2) is 0 Å². The highest BCUT2D eigenvalue weighted by Gasteiger charge is 2.26. The molecule has 0 unspecified atom stereocenters. The second-order valence-electron chi connectivity index (χ2n) is 10.5. The molecule has 1 atom stereocenters. The molecular formula is C30H36ClN3O2. The molecule has 0 aliphatic carbocycles. The number of anilines is 2. The lowest BCUT2D eigenvalue weighted by atomic mass is 9.92. The summed E-state index contributed by atoms with van der Waals surface area (Å²) in [6.07, 6.45) is 0.417. The molecule has 0 radical (unpaired) electrons. The predicted molar refractivity (Wildman–Crippen MR) is 150 cm³/mol. The predicted octanol–water partition coefficient (Wildman–Crippen LogP) is 7.18. The van der Waals surface area contributed by atoms with Crippen molar-refractivity contribution in [1.29, 1.82) is 0 Å². The van der Waals surface area contributed by atoms with Gasteiger partial charge in [0.25, 0.3) is 5.91 Å². The zero-order chi connectivity index (χ0) is 26.5. The van der Waals surface area contributed by atoms with Crippen LogP contribution in [0.2, 0.25) is 5.02 Å². The number of nitrogens with zero attached hydrogens (tertiary/aromatic N) is 2. The molecule has 0 heterocycles. The van der Waals surface area contributed by atoms with Gasteiger partial charge in [0.1, 0.15) is 0 Å². The van der Waals surface area contributed by atoms with Gasteiger partial charge >= 0.3 is 0 Å². The Bertz CT molecular complexity index is 1200. The van der Waals surface area contributed by atoms with Crippen LogP contribution >= 0.6 is 11.6 Å². The molecule has 0 bridgehead atoms. The summed E-state index contributed by atoms with van der Waals surface area (Å²) in [4.78, 5) is 30.3. The molecule has 5 nitrogen and oxygen atoms in total. The standard InChI is InChI=1S/C30H36ClN3O2/c1-21(22-12-8-7-9-13-22)34(29(36)25-14-10-11-15-26(25)31)20-23-18-24(16-17-27(23)33(5)6)32-28(35)19-30(2,3)4/h7-18,21H,19-20H2,1-6H3,(H,32,35)/t21-/m0/s1. The fraction of sp³-hybridized carbons (Fsp3) is 0.333. The van der Waals surface area contributed by atoms with Crippen molar-refractivity contribution in [2.75, 3.05) is 24.3 Å². The number of benzene rings is 3. The van der Waals surface area contributed by atoms with Gasteiger partial charge in [-0.1, -0.05) is 74.8 Å². The van der Waals surface area contributed by atoms with Crippen LogP contribution in [-0.4, -0.2) is 30.8 Å². The van der Waals surface area contributed by atoms with Gasteiger partial charge in [-0.2, -0.15) is 0 Å². The van der Waals surface area contributed by atoms with E-state index in [2.05, 4.69) is 5.32 Å². The quantitative estimate of drug-likeness (QED) is 0.352. The lowest BCUT2D eigenvalue weighted by Crippen LogP contribution is -2.34. The van der Waals surface area contributed by atoms with Gasteiger partial charge in [0.05, 0.1) is 16.6 Å². The maximum Gasteiger partial charge on any atom is 0.256 e. The number of rotatable bonds is 8. The number of hydrogen-bond donors (Lipinski definition) is 1. The molecule has 3 rings (SSSR count). The third kappa shape index (κ3) is 7.11. The van der Waals surface area contributed by atoms with Crippen molar-refractivity contribution in [3.05, 3.63) is 94.5 Å². The van der Waals surface area contributed by atoms with Crippen LogP contribution in [-0.2, 0) is 11.3 Å². The van der Waals surface area contributed by atoms with Crippen LogP contribution in [0.5, 0.6) is 0 Å². The van der Waals surface area contributed by atoms with E-state index in [-0.39, 0.29) is 23.3 Å². The van der Waals surface area contributed by atoms with E-state index in [4.69, 9.17) is 11.6 Å². The Labute approximate surface area is 220 Å².